The molecule has 1 amide bonds. The Hall–Kier alpha value is -3.32. The van der Waals surface area contributed by atoms with E-state index in [1.807, 2.05) is 35.2 Å². The van der Waals surface area contributed by atoms with Crippen molar-refractivity contribution < 1.29 is 10.0 Å². The minimum absolute atomic E-state index is 0.380. The molecule has 24 heavy (non-hydrogen) atoms. The first-order valence-electron chi connectivity index (χ1n) is 7.26. The lowest BCUT2D eigenvalue weighted by Gasteiger charge is -2.22. The highest BCUT2D eigenvalue weighted by atomic mass is 16.5. The van der Waals surface area contributed by atoms with E-state index in [0.29, 0.717) is 17.9 Å². The second-order valence-corrected chi connectivity index (χ2v) is 4.98. The number of rotatable bonds is 5. The Morgan fingerprint density at radius 3 is 2.42 bits per heavy atom. The number of carbonyl (C=O) groups is 1. The Balaban J connectivity index is 1.89. The largest absolute Gasteiger partial charge is 0.305 e. The van der Waals surface area contributed by atoms with Gasteiger partial charge in [0.25, 0.3) is 5.91 Å². The molecule has 2 heterocycles. The van der Waals surface area contributed by atoms with Crippen molar-refractivity contribution >= 4 is 17.5 Å². The number of nitrogens with one attached hydrogen (secondary N) is 1. The molecule has 120 valence electrons. The quantitative estimate of drug-likeness (QED) is 0.553. The van der Waals surface area contributed by atoms with Crippen LogP contribution in [0.15, 0.2) is 67.3 Å². The Kier molecular flexibility index (Phi) is 4.73. The molecule has 0 atom stereocenters. The lowest BCUT2D eigenvalue weighted by atomic mass is 10.1. The minimum atomic E-state index is -0.544. The summed E-state index contributed by atoms with van der Waals surface area (Å²) < 4.78 is 0. The van der Waals surface area contributed by atoms with Crippen molar-refractivity contribution in [2.75, 3.05) is 4.90 Å². The number of pyridine rings is 1. The minimum Gasteiger partial charge on any atom is -0.305 e. The Morgan fingerprint density at radius 1 is 1.00 bits per heavy atom. The third kappa shape index (κ3) is 3.53. The van der Waals surface area contributed by atoms with Crippen LogP contribution >= 0.6 is 0 Å². The molecule has 0 unspecified atom stereocenters. The molecule has 0 bridgehead atoms. The van der Waals surface area contributed by atoms with Gasteiger partial charge in [0.05, 0.1) is 12.7 Å². The number of benzene rings is 1. The average molecular weight is 321 g/mol. The summed E-state index contributed by atoms with van der Waals surface area (Å²) in [4.78, 5) is 26.1. The molecule has 0 spiro atoms. The lowest BCUT2D eigenvalue weighted by Crippen LogP contribution is -2.20. The molecule has 0 aliphatic rings. The van der Waals surface area contributed by atoms with Crippen LogP contribution in [0.4, 0.5) is 11.6 Å². The van der Waals surface area contributed by atoms with Crippen LogP contribution in [0.2, 0.25) is 0 Å². The summed E-state index contributed by atoms with van der Waals surface area (Å²) >= 11 is 0. The van der Waals surface area contributed by atoms with E-state index in [-0.39, 0.29) is 0 Å². The number of hydrogen-bond donors (Lipinski definition) is 2. The molecule has 0 fully saturated rings. The fraction of sp³-hybridized carbons (Fsp3) is 0.0588. The molecular formula is C17H15N5O2. The van der Waals surface area contributed by atoms with Crippen molar-refractivity contribution in [2.45, 2.75) is 6.54 Å². The maximum absolute atomic E-state index is 11.4. The van der Waals surface area contributed by atoms with Gasteiger partial charge in [0.15, 0.2) is 5.82 Å². The van der Waals surface area contributed by atoms with E-state index in [1.165, 1.54) is 0 Å². The van der Waals surface area contributed by atoms with Crippen LogP contribution in [0, 0.1) is 0 Å². The summed E-state index contributed by atoms with van der Waals surface area (Å²) in [5.74, 6) is 0.876. The first-order valence-corrected chi connectivity index (χ1v) is 7.26. The van der Waals surface area contributed by atoms with Gasteiger partial charge in [-0.25, -0.2) is 15.4 Å². The van der Waals surface area contributed by atoms with Crippen LogP contribution in [-0.2, 0) is 6.54 Å². The van der Waals surface area contributed by atoms with E-state index in [2.05, 4.69) is 15.0 Å². The van der Waals surface area contributed by atoms with E-state index in [1.54, 1.807) is 42.4 Å². The van der Waals surface area contributed by atoms with Gasteiger partial charge in [-0.15, -0.1) is 0 Å². The maximum atomic E-state index is 11.4. The third-order valence-electron chi connectivity index (χ3n) is 3.41. The van der Waals surface area contributed by atoms with Gasteiger partial charge in [-0.3, -0.25) is 15.0 Å². The fourth-order valence-corrected chi connectivity index (χ4v) is 2.23. The first-order chi connectivity index (χ1) is 11.8. The maximum Gasteiger partial charge on any atom is 0.274 e. The summed E-state index contributed by atoms with van der Waals surface area (Å²) in [5, 5.41) is 8.67. The highest BCUT2D eigenvalue weighted by Gasteiger charge is 2.13. The summed E-state index contributed by atoms with van der Waals surface area (Å²) in [7, 11) is 0. The molecule has 3 aromatic rings. The van der Waals surface area contributed by atoms with Crippen molar-refractivity contribution in [3.63, 3.8) is 0 Å². The number of amides is 1. The van der Waals surface area contributed by atoms with Crippen LogP contribution in [0.3, 0.4) is 0 Å². The van der Waals surface area contributed by atoms with Gasteiger partial charge in [-0.2, -0.15) is 0 Å². The smallest absolute Gasteiger partial charge is 0.274 e. The molecule has 7 nitrogen and oxygen atoms in total. The second kappa shape index (κ2) is 7.30. The predicted octanol–water partition coefficient (Wildman–Crippen LogP) is 2.33. The van der Waals surface area contributed by atoms with Crippen LogP contribution in [0.1, 0.15) is 15.9 Å². The van der Waals surface area contributed by atoms with Gasteiger partial charge in [0, 0.05) is 24.2 Å². The van der Waals surface area contributed by atoms with Crippen LogP contribution in [-0.4, -0.2) is 26.1 Å². The molecule has 3 rings (SSSR count). The van der Waals surface area contributed by atoms with E-state index in [9.17, 15) is 4.79 Å². The van der Waals surface area contributed by atoms with Crippen molar-refractivity contribution in [3.8, 4) is 0 Å². The molecule has 0 radical (unpaired) electrons. The fourth-order valence-electron chi connectivity index (χ4n) is 2.23. The molecule has 0 aliphatic carbocycles. The van der Waals surface area contributed by atoms with Crippen molar-refractivity contribution in [3.05, 3.63) is 78.4 Å². The van der Waals surface area contributed by atoms with Gasteiger partial charge in [0.2, 0.25) is 0 Å². The molecule has 1 aromatic carbocycles. The van der Waals surface area contributed by atoms with E-state index >= 15 is 0 Å². The molecule has 0 saturated carbocycles. The SMILES string of the molecule is O=C(NO)c1ccc(CN(c2ccccn2)c2cnccn2)cc1. The van der Waals surface area contributed by atoms with Crippen LogP contribution < -0.4 is 10.4 Å². The zero-order valence-corrected chi connectivity index (χ0v) is 12.7. The Bertz CT molecular complexity index is 755. The van der Waals surface area contributed by atoms with E-state index < -0.39 is 5.91 Å². The number of anilines is 2. The van der Waals surface area contributed by atoms with Gasteiger partial charge < -0.3 is 4.90 Å². The standard InChI is InChI=1S/C17H15N5O2/c23-17(21-24)14-6-4-13(5-7-14)12-22(15-3-1-2-8-19-15)16-11-18-9-10-20-16/h1-11,24H,12H2,(H,21,23). The van der Waals surface area contributed by atoms with Gasteiger partial charge >= 0.3 is 0 Å². The Labute approximate surface area is 138 Å². The highest BCUT2D eigenvalue weighted by molar-refractivity contribution is 5.93. The average Bonchev–Trinajstić information content (AvgIpc) is 2.67. The monoisotopic (exact) mass is 321 g/mol. The second-order valence-electron chi connectivity index (χ2n) is 4.98. The van der Waals surface area contributed by atoms with E-state index in [0.717, 1.165) is 11.4 Å². The molecule has 0 saturated heterocycles. The van der Waals surface area contributed by atoms with E-state index in [4.69, 9.17) is 5.21 Å². The number of carbonyl (C=O) groups excluding carboxylic acids is 1. The molecule has 2 N–H and O–H groups in total. The zero-order chi connectivity index (χ0) is 16.8. The number of hydrogen-bond acceptors (Lipinski definition) is 6. The van der Waals surface area contributed by atoms with Gasteiger partial charge in [-0.1, -0.05) is 18.2 Å². The zero-order valence-electron chi connectivity index (χ0n) is 12.7. The van der Waals surface area contributed by atoms with Crippen molar-refractivity contribution in [1.82, 2.24) is 20.4 Å². The number of aromatic nitrogens is 3. The third-order valence-corrected chi connectivity index (χ3v) is 3.41. The van der Waals surface area contributed by atoms with Crippen LogP contribution in [0.25, 0.3) is 0 Å². The van der Waals surface area contributed by atoms with Gasteiger partial charge in [-0.05, 0) is 29.8 Å². The number of nitrogens with zero attached hydrogens (tertiary/aromatic N) is 4. The van der Waals surface area contributed by atoms with Crippen molar-refractivity contribution in [1.29, 1.82) is 0 Å². The number of hydroxylamine groups is 1. The van der Waals surface area contributed by atoms with Crippen molar-refractivity contribution in [2.24, 2.45) is 0 Å². The summed E-state index contributed by atoms with van der Waals surface area (Å²) in [5.41, 5.74) is 2.95. The predicted molar refractivity (Wildman–Crippen MR) is 87.8 cm³/mol. The summed E-state index contributed by atoms with van der Waals surface area (Å²) in [6.45, 7) is 0.511. The van der Waals surface area contributed by atoms with Gasteiger partial charge in [0.1, 0.15) is 5.82 Å². The Morgan fingerprint density at radius 2 is 1.79 bits per heavy atom. The molecule has 0 aliphatic heterocycles. The topological polar surface area (TPSA) is 91.2 Å². The summed E-state index contributed by atoms with van der Waals surface area (Å²) in [6, 6.07) is 12.6. The van der Waals surface area contributed by atoms with Crippen LogP contribution in [0.5, 0.6) is 0 Å². The first kappa shape index (κ1) is 15.6. The highest BCUT2D eigenvalue weighted by Crippen LogP contribution is 2.23. The lowest BCUT2D eigenvalue weighted by molar-refractivity contribution is 0.0706. The summed E-state index contributed by atoms with van der Waals surface area (Å²) in [6.07, 6.45) is 6.62. The normalized spacial score (nSPS) is 10.2. The molecule has 2 aromatic heterocycles. The molecular weight excluding hydrogens is 306 g/mol. The molecule has 7 heteroatoms.